The molecule has 2 N–H and O–H groups in total. The summed E-state index contributed by atoms with van der Waals surface area (Å²) >= 11 is 0. The van der Waals surface area contributed by atoms with Crippen molar-refractivity contribution in [3.8, 4) is 0 Å². The van der Waals surface area contributed by atoms with Crippen LogP contribution in [0.15, 0.2) is 0 Å². The molecule has 1 heterocycles. The van der Waals surface area contributed by atoms with Gasteiger partial charge in [-0.3, -0.25) is 9.80 Å². The second kappa shape index (κ2) is 5.50. The van der Waals surface area contributed by atoms with Gasteiger partial charge in [0.1, 0.15) is 5.60 Å². The van der Waals surface area contributed by atoms with E-state index in [1.165, 1.54) is 0 Å². The summed E-state index contributed by atoms with van der Waals surface area (Å²) in [5.41, 5.74) is 5.04. The number of nitrogens with zero attached hydrogens (tertiary/aromatic N) is 2. The lowest BCUT2D eigenvalue weighted by molar-refractivity contribution is 0.0265. The molecule has 1 fully saturated rings. The fourth-order valence-corrected chi connectivity index (χ4v) is 1.62. The molecule has 0 aliphatic carbocycles. The van der Waals surface area contributed by atoms with Crippen molar-refractivity contribution >= 4 is 6.09 Å². The van der Waals surface area contributed by atoms with E-state index in [4.69, 9.17) is 10.5 Å². The van der Waals surface area contributed by atoms with Crippen LogP contribution in [0, 0.1) is 0 Å². The standard InChI is InChI=1S/C11H23N3O2/c1-11(2,3)16-10(15)14-8-7-13(9-14)6-4-5-12/h4-9,12H2,1-3H3. The number of carbonyl (C=O) groups excluding carboxylic acids is 1. The first-order valence-corrected chi connectivity index (χ1v) is 5.83. The van der Waals surface area contributed by atoms with Crippen LogP contribution in [0.4, 0.5) is 4.79 Å². The van der Waals surface area contributed by atoms with E-state index >= 15 is 0 Å². The Labute approximate surface area is 97.5 Å². The maximum absolute atomic E-state index is 11.7. The Hall–Kier alpha value is -0.810. The van der Waals surface area contributed by atoms with Crippen LogP contribution in [-0.2, 0) is 4.74 Å². The SMILES string of the molecule is CC(C)(C)OC(=O)N1CCN(CCCN)C1. The minimum absolute atomic E-state index is 0.220. The monoisotopic (exact) mass is 229 g/mol. The van der Waals surface area contributed by atoms with Gasteiger partial charge in [0, 0.05) is 19.6 Å². The second-order valence-electron chi connectivity index (χ2n) is 5.15. The largest absolute Gasteiger partial charge is 0.444 e. The fraction of sp³-hybridized carbons (Fsp3) is 0.909. The number of carbonyl (C=O) groups is 1. The quantitative estimate of drug-likeness (QED) is 0.779. The van der Waals surface area contributed by atoms with Crippen LogP contribution in [-0.4, -0.2) is 54.3 Å². The third kappa shape index (κ3) is 4.37. The minimum atomic E-state index is -0.415. The predicted octanol–water partition coefficient (Wildman–Crippen LogP) is 0.845. The molecule has 94 valence electrons. The van der Waals surface area contributed by atoms with Gasteiger partial charge in [-0.05, 0) is 33.7 Å². The van der Waals surface area contributed by atoms with E-state index in [0.717, 1.165) is 26.1 Å². The van der Waals surface area contributed by atoms with Gasteiger partial charge in [-0.25, -0.2) is 4.79 Å². The van der Waals surface area contributed by atoms with Crippen molar-refractivity contribution < 1.29 is 9.53 Å². The Kier molecular flexibility index (Phi) is 4.56. The number of hydrogen-bond acceptors (Lipinski definition) is 4. The highest BCUT2D eigenvalue weighted by molar-refractivity contribution is 5.68. The van der Waals surface area contributed by atoms with Gasteiger partial charge in [-0.15, -0.1) is 0 Å². The molecular formula is C11H23N3O2. The molecule has 0 unspecified atom stereocenters. The van der Waals surface area contributed by atoms with Crippen molar-refractivity contribution in [1.82, 2.24) is 9.80 Å². The Morgan fingerprint density at radius 1 is 1.38 bits per heavy atom. The molecule has 0 aromatic rings. The molecule has 1 rings (SSSR count). The van der Waals surface area contributed by atoms with Crippen molar-refractivity contribution in [3.05, 3.63) is 0 Å². The van der Waals surface area contributed by atoms with Gasteiger partial charge < -0.3 is 10.5 Å². The lowest BCUT2D eigenvalue weighted by Crippen LogP contribution is -2.36. The molecule has 5 heteroatoms. The summed E-state index contributed by atoms with van der Waals surface area (Å²) in [7, 11) is 0. The first kappa shape index (κ1) is 13.3. The summed E-state index contributed by atoms with van der Waals surface area (Å²) < 4.78 is 5.31. The van der Waals surface area contributed by atoms with Crippen molar-refractivity contribution in [1.29, 1.82) is 0 Å². The molecule has 0 radical (unpaired) electrons. The average molecular weight is 229 g/mol. The zero-order valence-electron chi connectivity index (χ0n) is 10.5. The Morgan fingerprint density at radius 2 is 2.06 bits per heavy atom. The molecule has 0 aromatic carbocycles. The smallest absolute Gasteiger partial charge is 0.411 e. The van der Waals surface area contributed by atoms with Crippen LogP contribution in [0.2, 0.25) is 0 Å². The summed E-state index contributed by atoms with van der Waals surface area (Å²) in [4.78, 5) is 15.7. The number of hydrogen-bond donors (Lipinski definition) is 1. The van der Waals surface area contributed by atoms with E-state index in [0.29, 0.717) is 13.2 Å². The van der Waals surface area contributed by atoms with Gasteiger partial charge >= 0.3 is 6.09 Å². The van der Waals surface area contributed by atoms with E-state index in [1.807, 2.05) is 20.8 Å². The molecule has 0 saturated carbocycles. The maximum Gasteiger partial charge on any atom is 0.411 e. The molecule has 0 spiro atoms. The molecular weight excluding hydrogens is 206 g/mol. The third-order valence-electron chi connectivity index (χ3n) is 2.39. The van der Waals surface area contributed by atoms with E-state index in [9.17, 15) is 4.79 Å². The molecule has 16 heavy (non-hydrogen) atoms. The van der Waals surface area contributed by atoms with Crippen molar-refractivity contribution in [2.75, 3.05) is 32.8 Å². The van der Waals surface area contributed by atoms with Crippen LogP contribution < -0.4 is 5.73 Å². The van der Waals surface area contributed by atoms with Crippen LogP contribution in [0.25, 0.3) is 0 Å². The van der Waals surface area contributed by atoms with E-state index < -0.39 is 5.60 Å². The van der Waals surface area contributed by atoms with Gasteiger partial charge in [-0.2, -0.15) is 0 Å². The van der Waals surface area contributed by atoms with E-state index in [1.54, 1.807) is 4.90 Å². The number of nitrogens with two attached hydrogens (primary N) is 1. The van der Waals surface area contributed by atoms with Crippen molar-refractivity contribution in [2.24, 2.45) is 5.73 Å². The first-order valence-electron chi connectivity index (χ1n) is 5.83. The molecule has 0 bridgehead atoms. The van der Waals surface area contributed by atoms with Gasteiger partial charge in [0.15, 0.2) is 0 Å². The Balaban J connectivity index is 2.32. The first-order chi connectivity index (χ1) is 7.42. The van der Waals surface area contributed by atoms with Gasteiger partial charge in [0.05, 0.1) is 6.67 Å². The minimum Gasteiger partial charge on any atom is -0.444 e. The van der Waals surface area contributed by atoms with E-state index in [-0.39, 0.29) is 6.09 Å². The topological polar surface area (TPSA) is 58.8 Å². The summed E-state index contributed by atoms with van der Waals surface area (Å²) in [6, 6.07) is 0. The summed E-state index contributed by atoms with van der Waals surface area (Å²) in [6.45, 7) is 9.62. The predicted molar refractivity (Wildman–Crippen MR) is 63.1 cm³/mol. The number of ether oxygens (including phenoxy) is 1. The highest BCUT2D eigenvalue weighted by Gasteiger charge is 2.27. The highest BCUT2D eigenvalue weighted by Crippen LogP contribution is 2.13. The van der Waals surface area contributed by atoms with E-state index in [2.05, 4.69) is 4.90 Å². The Bertz CT molecular complexity index is 238. The zero-order chi connectivity index (χ0) is 12.2. The van der Waals surface area contributed by atoms with Crippen LogP contribution in [0.3, 0.4) is 0 Å². The van der Waals surface area contributed by atoms with Gasteiger partial charge in [-0.1, -0.05) is 0 Å². The maximum atomic E-state index is 11.7. The fourth-order valence-electron chi connectivity index (χ4n) is 1.62. The molecule has 1 amide bonds. The van der Waals surface area contributed by atoms with Gasteiger partial charge in [0.2, 0.25) is 0 Å². The third-order valence-corrected chi connectivity index (χ3v) is 2.39. The number of rotatable bonds is 3. The van der Waals surface area contributed by atoms with Crippen molar-refractivity contribution in [3.63, 3.8) is 0 Å². The number of amides is 1. The summed E-state index contributed by atoms with van der Waals surface area (Å²) in [5, 5.41) is 0. The lowest BCUT2D eigenvalue weighted by Gasteiger charge is -2.24. The lowest BCUT2D eigenvalue weighted by atomic mass is 10.2. The van der Waals surface area contributed by atoms with Gasteiger partial charge in [0.25, 0.3) is 0 Å². The highest BCUT2D eigenvalue weighted by atomic mass is 16.6. The molecule has 1 saturated heterocycles. The molecule has 1 aliphatic heterocycles. The van der Waals surface area contributed by atoms with Crippen LogP contribution >= 0.6 is 0 Å². The normalized spacial score (nSPS) is 17.9. The summed E-state index contributed by atoms with van der Waals surface area (Å²) in [6.07, 6.45) is 0.755. The average Bonchev–Trinajstić information content (AvgIpc) is 2.60. The molecule has 0 aromatic heterocycles. The second-order valence-corrected chi connectivity index (χ2v) is 5.15. The van der Waals surface area contributed by atoms with Crippen molar-refractivity contribution in [2.45, 2.75) is 32.8 Å². The Morgan fingerprint density at radius 3 is 2.62 bits per heavy atom. The molecule has 5 nitrogen and oxygen atoms in total. The van der Waals surface area contributed by atoms with Crippen LogP contribution in [0.5, 0.6) is 0 Å². The molecule has 1 aliphatic rings. The zero-order valence-corrected chi connectivity index (χ0v) is 10.5. The van der Waals surface area contributed by atoms with Crippen LogP contribution in [0.1, 0.15) is 27.2 Å². The summed E-state index contributed by atoms with van der Waals surface area (Å²) in [5.74, 6) is 0. The molecule has 0 atom stereocenters.